The molecule has 7 nitrogen and oxygen atoms in total. The molecule has 4 aromatic rings. The minimum absolute atomic E-state index is 0. The molecule has 32 heavy (non-hydrogen) atoms. The summed E-state index contributed by atoms with van der Waals surface area (Å²) in [6.07, 6.45) is 0. The van der Waals surface area contributed by atoms with Gasteiger partial charge in [-0.2, -0.15) is 0 Å². The molecule has 0 fully saturated rings. The lowest BCUT2D eigenvalue weighted by atomic mass is 10.1. The van der Waals surface area contributed by atoms with E-state index in [4.69, 9.17) is 14.7 Å². The molecule has 5 rings (SSSR count). The molecule has 0 saturated carbocycles. The van der Waals surface area contributed by atoms with Gasteiger partial charge in [0.15, 0.2) is 5.82 Å². The Balaban J connectivity index is 0.00000245. The number of carbonyl (C=O) groups excluding carboxylic acids is 2. The third-order valence-electron chi connectivity index (χ3n) is 4.96. The number of fused-ring (bicyclic) bond motifs is 1. The molecule has 2 N–H and O–H groups in total. The summed E-state index contributed by atoms with van der Waals surface area (Å²) in [4.78, 5) is 35.6. The molecule has 0 spiro atoms. The zero-order valence-corrected chi connectivity index (χ0v) is 19.4. The number of halogens is 1. The summed E-state index contributed by atoms with van der Waals surface area (Å²) in [5.74, 6) is 0.795. The summed E-state index contributed by atoms with van der Waals surface area (Å²) in [5, 5.41) is 10.3. The van der Waals surface area contributed by atoms with E-state index < -0.39 is 11.8 Å². The van der Waals surface area contributed by atoms with Gasteiger partial charge < -0.3 is 10.1 Å². The lowest BCUT2D eigenvalue weighted by Gasteiger charge is -2.11. The van der Waals surface area contributed by atoms with Crippen LogP contribution in [-0.2, 0) is 9.59 Å². The number of methoxy groups -OCH3 is 1. The Labute approximate surface area is 197 Å². The van der Waals surface area contributed by atoms with Crippen molar-refractivity contribution in [3.63, 3.8) is 0 Å². The number of nitrogens with one attached hydrogen (secondary N) is 2. The van der Waals surface area contributed by atoms with Gasteiger partial charge in [0.1, 0.15) is 22.1 Å². The Bertz CT molecular complexity index is 1380. The van der Waals surface area contributed by atoms with Gasteiger partial charge in [0.05, 0.1) is 12.5 Å². The molecule has 1 aromatic carbocycles. The van der Waals surface area contributed by atoms with E-state index in [1.807, 2.05) is 47.2 Å². The van der Waals surface area contributed by atoms with E-state index in [-0.39, 0.29) is 18.1 Å². The quantitative estimate of drug-likeness (QED) is 0.393. The molecule has 1 aliphatic heterocycles. The normalized spacial score (nSPS) is 13.3. The molecule has 0 saturated heterocycles. The highest BCUT2D eigenvalue weighted by molar-refractivity contribution is 7.18. The second kappa shape index (κ2) is 8.70. The number of benzene rings is 1. The minimum Gasteiger partial charge on any atom is -0.497 e. The van der Waals surface area contributed by atoms with E-state index in [9.17, 15) is 9.59 Å². The first-order chi connectivity index (χ1) is 15.0. The van der Waals surface area contributed by atoms with Crippen molar-refractivity contribution in [1.29, 1.82) is 0 Å². The second-order valence-corrected chi connectivity index (χ2v) is 8.65. The molecule has 0 unspecified atom stereocenters. The zero-order valence-electron chi connectivity index (χ0n) is 17.0. The fourth-order valence-electron chi connectivity index (χ4n) is 3.35. The van der Waals surface area contributed by atoms with Crippen molar-refractivity contribution in [3.05, 3.63) is 58.4 Å². The van der Waals surface area contributed by atoms with E-state index in [1.54, 1.807) is 25.4 Å². The van der Waals surface area contributed by atoms with Gasteiger partial charge in [0, 0.05) is 27.0 Å². The maximum Gasteiger partial charge on any atom is 0.275 e. The number of carbonyl (C=O) groups is 2. The molecule has 10 heteroatoms. The predicted molar refractivity (Wildman–Crippen MR) is 129 cm³/mol. The van der Waals surface area contributed by atoms with E-state index in [1.165, 1.54) is 11.3 Å². The summed E-state index contributed by atoms with van der Waals surface area (Å²) >= 11 is 3.12. The van der Waals surface area contributed by atoms with Crippen molar-refractivity contribution < 1.29 is 14.3 Å². The third kappa shape index (κ3) is 3.75. The number of aromatic nitrogens is 2. The molecule has 0 atom stereocenters. The van der Waals surface area contributed by atoms with Crippen LogP contribution in [0.3, 0.4) is 0 Å². The second-order valence-electron chi connectivity index (χ2n) is 6.84. The van der Waals surface area contributed by atoms with Crippen LogP contribution in [0.1, 0.15) is 6.92 Å². The SMILES string of the molecule is COc1cccc(-c2nc(NC3=C(C)C(=O)NC3=O)c3c(-c4cccs4)csc3n2)c1.Cl. The van der Waals surface area contributed by atoms with E-state index >= 15 is 0 Å². The predicted octanol–water partition coefficient (Wildman–Crippen LogP) is 4.86. The first-order valence-electron chi connectivity index (χ1n) is 9.36. The molecule has 162 valence electrons. The molecule has 1 aliphatic rings. The van der Waals surface area contributed by atoms with Gasteiger partial charge in [-0.25, -0.2) is 9.97 Å². The molecular formula is C22H17ClN4O3S2. The van der Waals surface area contributed by atoms with Crippen LogP contribution in [0.15, 0.2) is 58.4 Å². The van der Waals surface area contributed by atoms with Crippen LogP contribution in [0.5, 0.6) is 5.75 Å². The molecule has 4 heterocycles. The highest BCUT2D eigenvalue weighted by Gasteiger charge is 2.29. The van der Waals surface area contributed by atoms with E-state index in [2.05, 4.69) is 10.6 Å². The lowest BCUT2D eigenvalue weighted by molar-refractivity contribution is -0.124. The fourth-order valence-corrected chi connectivity index (χ4v) is 5.11. The fraction of sp³-hybridized carbons (Fsp3) is 0.0909. The van der Waals surface area contributed by atoms with Gasteiger partial charge in [-0.15, -0.1) is 35.1 Å². The monoisotopic (exact) mass is 484 g/mol. The van der Waals surface area contributed by atoms with Crippen molar-refractivity contribution >= 4 is 62.9 Å². The molecule has 0 bridgehead atoms. The average Bonchev–Trinajstić information content (AvgIpc) is 3.50. The summed E-state index contributed by atoms with van der Waals surface area (Å²) in [5.41, 5.74) is 2.29. The molecule has 0 radical (unpaired) electrons. The van der Waals surface area contributed by atoms with Crippen LogP contribution in [0, 0.1) is 0 Å². The summed E-state index contributed by atoms with van der Waals surface area (Å²) in [7, 11) is 1.60. The number of rotatable bonds is 5. The van der Waals surface area contributed by atoms with Crippen molar-refractivity contribution in [3.8, 4) is 27.6 Å². The number of imide groups is 1. The van der Waals surface area contributed by atoms with E-state index in [0.717, 1.165) is 26.2 Å². The number of hydrogen-bond acceptors (Lipinski definition) is 8. The molecule has 3 aromatic heterocycles. The lowest BCUT2D eigenvalue weighted by Crippen LogP contribution is -2.24. The molecule has 0 aliphatic carbocycles. The number of anilines is 1. The maximum absolute atomic E-state index is 12.3. The van der Waals surface area contributed by atoms with Crippen LogP contribution in [0.4, 0.5) is 5.82 Å². The Kier molecular flexibility index (Phi) is 5.96. The van der Waals surface area contributed by atoms with Crippen molar-refractivity contribution in [2.75, 3.05) is 12.4 Å². The Morgan fingerprint density at radius 1 is 1.06 bits per heavy atom. The largest absolute Gasteiger partial charge is 0.497 e. The van der Waals surface area contributed by atoms with Crippen molar-refractivity contribution in [2.45, 2.75) is 6.92 Å². The number of nitrogens with zero attached hydrogens (tertiary/aromatic N) is 2. The summed E-state index contributed by atoms with van der Waals surface area (Å²) in [6, 6.07) is 11.5. The number of ether oxygens (including phenoxy) is 1. The minimum atomic E-state index is -0.468. The van der Waals surface area contributed by atoms with Crippen molar-refractivity contribution in [1.82, 2.24) is 15.3 Å². The number of amides is 2. The Morgan fingerprint density at radius 3 is 2.59 bits per heavy atom. The Morgan fingerprint density at radius 2 is 1.91 bits per heavy atom. The third-order valence-corrected chi connectivity index (χ3v) is 6.74. The van der Waals surface area contributed by atoms with Gasteiger partial charge in [-0.05, 0) is 30.5 Å². The first-order valence-corrected chi connectivity index (χ1v) is 11.1. The van der Waals surface area contributed by atoms with Crippen LogP contribution >= 0.6 is 35.1 Å². The number of thiophene rings is 2. The highest BCUT2D eigenvalue weighted by atomic mass is 35.5. The van der Waals surface area contributed by atoms with Crippen molar-refractivity contribution in [2.24, 2.45) is 0 Å². The Hall–Kier alpha value is -3.27. The van der Waals surface area contributed by atoms with Gasteiger partial charge in [0.2, 0.25) is 0 Å². The van der Waals surface area contributed by atoms with Gasteiger partial charge in [-0.3, -0.25) is 14.9 Å². The summed E-state index contributed by atoms with van der Waals surface area (Å²) < 4.78 is 5.33. The highest BCUT2D eigenvalue weighted by Crippen LogP contribution is 2.40. The number of hydrogen-bond donors (Lipinski definition) is 2. The van der Waals surface area contributed by atoms with Gasteiger partial charge in [0.25, 0.3) is 11.8 Å². The topological polar surface area (TPSA) is 93.2 Å². The molecule has 2 amide bonds. The summed E-state index contributed by atoms with van der Waals surface area (Å²) in [6.45, 7) is 1.61. The molecular weight excluding hydrogens is 468 g/mol. The average molecular weight is 485 g/mol. The maximum atomic E-state index is 12.3. The van der Waals surface area contributed by atoms with Gasteiger partial charge in [-0.1, -0.05) is 18.2 Å². The first kappa shape index (κ1) is 21.9. The van der Waals surface area contributed by atoms with E-state index in [0.29, 0.717) is 23.0 Å². The van der Waals surface area contributed by atoms with Crippen LogP contribution < -0.4 is 15.4 Å². The van der Waals surface area contributed by atoms with Crippen LogP contribution in [0.25, 0.3) is 32.0 Å². The zero-order chi connectivity index (χ0) is 21.5. The smallest absolute Gasteiger partial charge is 0.275 e. The van der Waals surface area contributed by atoms with Crippen LogP contribution in [-0.4, -0.2) is 28.9 Å². The standard InChI is InChI=1S/C22H16N4O3S2.ClH/c1-11-17(21(28)26-20(11)27)23-19-16-14(15-7-4-8-30-15)10-31-22(16)25-18(24-19)12-5-3-6-13(9-12)29-2;/h3-10H,1-2H3,(H2,23,24,25,26,27,28);1H. The van der Waals surface area contributed by atoms with Gasteiger partial charge >= 0.3 is 0 Å². The van der Waals surface area contributed by atoms with Crippen LogP contribution in [0.2, 0.25) is 0 Å².